The van der Waals surface area contributed by atoms with Gasteiger partial charge in [0.25, 0.3) is 5.91 Å². The summed E-state index contributed by atoms with van der Waals surface area (Å²) < 4.78 is 11.5. The van der Waals surface area contributed by atoms with Gasteiger partial charge in [-0.15, -0.1) is 0 Å². The van der Waals surface area contributed by atoms with Gasteiger partial charge in [0.2, 0.25) is 0 Å². The molecular weight excluding hydrogens is 400 g/mol. The van der Waals surface area contributed by atoms with E-state index in [0.29, 0.717) is 36.5 Å². The van der Waals surface area contributed by atoms with E-state index >= 15 is 0 Å². The smallest absolute Gasteiger partial charge is 0.253 e. The maximum atomic E-state index is 13.3. The highest BCUT2D eigenvalue weighted by Crippen LogP contribution is 2.55. The third kappa shape index (κ3) is 3.99. The Bertz CT molecular complexity index is 951. The van der Waals surface area contributed by atoms with Gasteiger partial charge in [0, 0.05) is 49.6 Å². The monoisotopic (exact) mass is 434 g/mol. The summed E-state index contributed by atoms with van der Waals surface area (Å²) in [7, 11) is 0. The molecule has 5 rings (SSSR count). The van der Waals surface area contributed by atoms with E-state index in [0.717, 1.165) is 51.2 Å². The number of benzene rings is 2. The molecule has 0 bridgehead atoms. The lowest BCUT2D eigenvalue weighted by atomic mass is 9.63. The summed E-state index contributed by atoms with van der Waals surface area (Å²) >= 11 is 0. The molecule has 0 aromatic heterocycles. The van der Waals surface area contributed by atoms with Crippen LogP contribution in [0.1, 0.15) is 55.1 Å². The number of carbonyl (C=O) groups is 1. The lowest BCUT2D eigenvalue weighted by Crippen LogP contribution is -2.63. The number of piperidine rings is 1. The molecule has 0 N–H and O–H groups in total. The van der Waals surface area contributed by atoms with E-state index < -0.39 is 0 Å². The van der Waals surface area contributed by atoms with E-state index in [4.69, 9.17) is 9.47 Å². The topological polar surface area (TPSA) is 42.0 Å². The van der Waals surface area contributed by atoms with Gasteiger partial charge < -0.3 is 14.4 Å². The highest BCUT2D eigenvalue weighted by molar-refractivity contribution is 5.95. The molecule has 5 nitrogen and oxygen atoms in total. The fraction of sp³-hybridized carbons (Fsp3) is 0.519. The van der Waals surface area contributed by atoms with Crippen LogP contribution >= 0.6 is 0 Å². The molecular formula is C27H34N2O3. The van der Waals surface area contributed by atoms with Crippen LogP contribution in [0.2, 0.25) is 0 Å². The van der Waals surface area contributed by atoms with Crippen molar-refractivity contribution in [1.82, 2.24) is 9.80 Å². The van der Waals surface area contributed by atoms with Gasteiger partial charge in [-0.3, -0.25) is 9.69 Å². The number of amides is 1. The summed E-state index contributed by atoms with van der Waals surface area (Å²) in [5.41, 5.74) is 2.39. The van der Waals surface area contributed by atoms with Crippen LogP contribution < -0.4 is 9.47 Å². The van der Waals surface area contributed by atoms with Gasteiger partial charge in [-0.05, 0) is 42.5 Å². The van der Waals surface area contributed by atoms with Crippen molar-refractivity contribution in [3.8, 4) is 11.5 Å². The van der Waals surface area contributed by atoms with E-state index in [1.165, 1.54) is 5.56 Å². The minimum absolute atomic E-state index is 0.102. The first kappa shape index (κ1) is 21.3. The van der Waals surface area contributed by atoms with Crippen molar-refractivity contribution in [2.45, 2.75) is 39.2 Å². The van der Waals surface area contributed by atoms with Gasteiger partial charge in [0.15, 0.2) is 11.5 Å². The van der Waals surface area contributed by atoms with E-state index in [1.54, 1.807) is 0 Å². The molecule has 170 valence electrons. The van der Waals surface area contributed by atoms with Crippen LogP contribution in [0.25, 0.3) is 0 Å². The highest BCUT2D eigenvalue weighted by Gasteiger charge is 2.54. The second-order valence-electron chi connectivity index (χ2n) is 10.0. The second-order valence-corrected chi connectivity index (χ2v) is 10.0. The third-order valence-corrected chi connectivity index (χ3v) is 7.22. The van der Waals surface area contributed by atoms with Crippen LogP contribution in [0.15, 0.2) is 48.5 Å². The van der Waals surface area contributed by atoms with Crippen molar-refractivity contribution >= 4 is 5.91 Å². The Morgan fingerprint density at radius 2 is 1.75 bits per heavy atom. The quantitative estimate of drug-likeness (QED) is 0.694. The molecule has 0 radical (unpaired) electrons. The van der Waals surface area contributed by atoms with Crippen LogP contribution in [-0.2, 0) is 0 Å². The second kappa shape index (κ2) is 8.78. The number of hydrogen-bond donors (Lipinski definition) is 0. The maximum absolute atomic E-state index is 13.3. The van der Waals surface area contributed by atoms with E-state index in [-0.39, 0.29) is 11.3 Å². The zero-order valence-electron chi connectivity index (χ0n) is 19.3. The Balaban J connectivity index is 1.29. The first-order chi connectivity index (χ1) is 15.6. The number of likely N-dealkylation sites (tertiary alicyclic amines) is 2. The molecule has 3 aliphatic rings. The summed E-state index contributed by atoms with van der Waals surface area (Å²) in [6, 6.07) is 17.0. The molecule has 2 aromatic rings. The van der Waals surface area contributed by atoms with Crippen molar-refractivity contribution in [2.24, 2.45) is 11.3 Å². The van der Waals surface area contributed by atoms with Gasteiger partial charge in [0.05, 0.1) is 13.2 Å². The molecule has 3 heterocycles. The Morgan fingerprint density at radius 3 is 2.47 bits per heavy atom. The number of ether oxygens (including phenoxy) is 2. The zero-order chi connectivity index (χ0) is 22.1. The summed E-state index contributed by atoms with van der Waals surface area (Å²) in [5.74, 6) is 2.18. The SMILES string of the molecule is CC(C)CN1CC2(CCN(C(=O)c3ccc4c(c3)OCCCO4)CC2)C1c1ccccc1. The molecule has 3 aliphatic heterocycles. The van der Waals surface area contributed by atoms with Crippen molar-refractivity contribution in [3.05, 3.63) is 59.7 Å². The third-order valence-electron chi connectivity index (χ3n) is 7.22. The first-order valence-corrected chi connectivity index (χ1v) is 12.0. The first-order valence-electron chi connectivity index (χ1n) is 12.0. The van der Waals surface area contributed by atoms with Gasteiger partial charge in [0.1, 0.15) is 0 Å². The van der Waals surface area contributed by atoms with Gasteiger partial charge in [-0.25, -0.2) is 0 Å². The molecule has 0 saturated carbocycles. The minimum atomic E-state index is 0.102. The molecule has 2 saturated heterocycles. The van der Waals surface area contributed by atoms with E-state index in [1.807, 2.05) is 23.1 Å². The van der Waals surface area contributed by atoms with Crippen LogP contribution in [0.3, 0.4) is 0 Å². The number of fused-ring (bicyclic) bond motifs is 1. The van der Waals surface area contributed by atoms with E-state index in [9.17, 15) is 4.79 Å². The average Bonchev–Trinajstić information content (AvgIpc) is 3.04. The van der Waals surface area contributed by atoms with Crippen LogP contribution in [-0.4, -0.2) is 55.1 Å². The Hall–Kier alpha value is -2.53. The summed E-state index contributed by atoms with van der Waals surface area (Å²) in [5, 5.41) is 0. The molecule has 5 heteroatoms. The normalized spacial score (nSPS) is 22.5. The number of hydrogen-bond acceptors (Lipinski definition) is 4. The van der Waals surface area contributed by atoms with E-state index in [2.05, 4.69) is 49.1 Å². The number of nitrogens with zero attached hydrogens (tertiary/aromatic N) is 2. The number of carbonyl (C=O) groups excluding carboxylic acids is 1. The van der Waals surface area contributed by atoms with Crippen molar-refractivity contribution in [1.29, 1.82) is 0 Å². The predicted molar refractivity (Wildman–Crippen MR) is 125 cm³/mol. The molecule has 32 heavy (non-hydrogen) atoms. The lowest BCUT2D eigenvalue weighted by Gasteiger charge is -2.61. The van der Waals surface area contributed by atoms with Crippen molar-refractivity contribution in [3.63, 3.8) is 0 Å². The average molecular weight is 435 g/mol. The van der Waals surface area contributed by atoms with Crippen LogP contribution in [0.4, 0.5) is 0 Å². The largest absolute Gasteiger partial charge is 0.490 e. The molecule has 0 aliphatic carbocycles. The Morgan fingerprint density at radius 1 is 1.03 bits per heavy atom. The van der Waals surface area contributed by atoms with Gasteiger partial charge >= 0.3 is 0 Å². The summed E-state index contributed by atoms with van der Waals surface area (Å²) in [6.45, 7) is 9.76. The maximum Gasteiger partial charge on any atom is 0.253 e. The fourth-order valence-electron chi connectivity index (χ4n) is 5.76. The van der Waals surface area contributed by atoms with Crippen molar-refractivity contribution < 1.29 is 14.3 Å². The molecule has 1 amide bonds. The predicted octanol–water partition coefficient (Wildman–Crippen LogP) is 4.78. The lowest BCUT2D eigenvalue weighted by molar-refractivity contribution is -0.112. The van der Waals surface area contributed by atoms with Crippen molar-refractivity contribution in [2.75, 3.05) is 39.4 Å². The van der Waals surface area contributed by atoms with Crippen LogP contribution in [0, 0.1) is 11.3 Å². The minimum Gasteiger partial charge on any atom is -0.490 e. The molecule has 1 atom stereocenters. The molecule has 1 unspecified atom stereocenters. The Labute approximate surface area is 191 Å². The summed E-state index contributed by atoms with van der Waals surface area (Å²) in [4.78, 5) is 17.9. The van der Waals surface area contributed by atoms with Gasteiger partial charge in [-0.2, -0.15) is 0 Å². The molecule has 2 aromatic carbocycles. The van der Waals surface area contributed by atoms with Gasteiger partial charge in [-0.1, -0.05) is 44.2 Å². The summed E-state index contributed by atoms with van der Waals surface area (Å²) in [6.07, 6.45) is 2.97. The molecule has 1 spiro atoms. The van der Waals surface area contributed by atoms with Crippen LogP contribution in [0.5, 0.6) is 11.5 Å². The fourth-order valence-corrected chi connectivity index (χ4v) is 5.76. The standard InChI is InChI=1S/C27H34N2O3/c1-20(2)18-29-19-27(25(29)21-7-4-3-5-8-21)11-13-28(14-12-27)26(30)22-9-10-23-24(17-22)32-16-6-15-31-23/h3-5,7-10,17,20,25H,6,11-16,18-19H2,1-2H3. The highest BCUT2D eigenvalue weighted by atomic mass is 16.5. The molecule has 2 fully saturated rings. The number of rotatable bonds is 4. The Kier molecular flexibility index (Phi) is 5.85. The zero-order valence-corrected chi connectivity index (χ0v) is 19.3.